The molecule has 0 spiro atoms. The number of aliphatic carboxylic acids is 1. The highest BCUT2D eigenvalue weighted by Crippen LogP contribution is 2.46. The van der Waals surface area contributed by atoms with Gasteiger partial charge in [0.2, 0.25) is 5.94 Å². The summed E-state index contributed by atoms with van der Waals surface area (Å²) in [6.45, 7) is 0. The van der Waals surface area contributed by atoms with Gasteiger partial charge < -0.3 is 9.84 Å². The van der Waals surface area contributed by atoms with Crippen molar-refractivity contribution < 1.29 is 23.1 Å². The van der Waals surface area contributed by atoms with Gasteiger partial charge in [-0.2, -0.15) is 0 Å². The van der Waals surface area contributed by atoms with E-state index in [1.165, 1.54) is 0 Å². The molecule has 1 heterocycles. The molecule has 0 saturated heterocycles. The lowest BCUT2D eigenvalue weighted by Crippen LogP contribution is -2.42. The molecule has 1 aliphatic carbocycles. The monoisotopic (exact) mass is 283 g/mol. The third-order valence-electron chi connectivity index (χ3n) is 3.78. The van der Waals surface area contributed by atoms with E-state index < -0.39 is 27.3 Å². The number of benzene rings is 1. The predicted octanol–water partition coefficient (Wildman–Crippen LogP) is 1.28. The molecule has 0 aromatic heterocycles. The molecule has 3 rings (SSSR count). The molecule has 6 nitrogen and oxygen atoms in total. The summed E-state index contributed by atoms with van der Waals surface area (Å²) < 4.78 is 30.4. The van der Waals surface area contributed by atoms with Crippen LogP contribution in [0.1, 0.15) is 24.8 Å². The van der Waals surface area contributed by atoms with Gasteiger partial charge in [-0.05, 0) is 30.5 Å². The topological polar surface area (TPSA) is 92.7 Å². The van der Waals surface area contributed by atoms with Crippen LogP contribution in [0.25, 0.3) is 0 Å². The molecule has 102 valence electrons. The van der Waals surface area contributed by atoms with Crippen LogP contribution in [0.2, 0.25) is 0 Å². The second kappa shape index (κ2) is 3.86. The van der Waals surface area contributed by atoms with E-state index in [1.807, 2.05) is 0 Å². The highest BCUT2D eigenvalue weighted by molar-refractivity contribution is 7.92. The van der Waals surface area contributed by atoms with Crippen molar-refractivity contribution in [1.29, 1.82) is 0 Å². The Morgan fingerprint density at radius 2 is 2.11 bits per heavy atom. The summed E-state index contributed by atoms with van der Waals surface area (Å²) in [6, 6.07) is 4.89. The second-order valence-corrected chi connectivity index (χ2v) is 6.60. The minimum Gasteiger partial charge on any atom is -0.481 e. The van der Waals surface area contributed by atoms with Crippen LogP contribution in [0.15, 0.2) is 18.2 Å². The van der Waals surface area contributed by atoms with Crippen molar-refractivity contribution in [2.24, 2.45) is 0 Å². The normalized spacial score (nSPS) is 22.3. The Labute approximate surface area is 110 Å². The summed E-state index contributed by atoms with van der Waals surface area (Å²) >= 11 is 0. The zero-order valence-electron chi connectivity index (χ0n) is 10.0. The van der Waals surface area contributed by atoms with Crippen molar-refractivity contribution in [2.75, 3.05) is 10.7 Å². The maximum atomic E-state index is 11.4. The first-order valence-corrected chi connectivity index (χ1v) is 7.59. The second-order valence-electron chi connectivity index (χ2n) is 4.93. The summed E-state index contributed by atoms with van der Waals surface area (Å²) in [5, 5.41) is 9.37. The van der Waals surface area contributed by atoms with Gasteiger partial charge in [-0.25, -0.2) is 8.42 Å². The van der Waals surface area contributed by atoms with Crippen molar-refractivity contribution in [3.05, 3.63) is 23.8 Å². The molecular weight excluding hydrogens is 270 g/mol. The molecule has 2 aliphatic rings. The number of rotatable bonds is 2. The van der Waals surface area contributed by atoms with E-state index in [9.17, 15) is 18.3 Å². The standard InChI is InChI=1S/C12H13NO5S/c14-11(15)12(4-1-5-12)8-2-3-10-9(6-8)13-19(16,17)7-18-10/h2-3,6,13H,1,4-5,7H2,(H,14,15). The number of hydrogen-bond donors (Lipinski definition) is 2. The summed E-state index contributed by atoms with van der Waals surface area (Å²) in [4.78, 5) is 11.4. The molecular formula is C12H13NO5S. The number of carbonyl (C=O) groups is 1. The molecule has 0 amide bonds. The van der Waals surface area contributed by atoms with E-state index in [2.05, 4.69) is 4.72 Å². The Morgan fingerprint density at radius 3 is 2.68 bits per heavy atom. The average Bonchev–Trinajstić information content (AvgIpc) is 2.25. The lowest BCUT2D eigenvalue weighted by molar-refractivity contribution is -0.147. The van der Waals surface area contributed by atoms with Gasteiger partial charge >= 0.3 is 5.97 Å². The first-order chi connectivity index (χ1) is 8.93. The lowest BCUT2D eigenvalue weighted by Gasteiger charge is -2.38. The number of hydrogen-bond acceptors (Lipinski definition) is 4. The fourth-order valence-corrected chi connectivity index (χ4v) is 3.36. The molecule has 1 fully saturated rings. The molecule has 0 atom stereocenters. The summed E-state index contributed by atoms with van der Waals surface area (Å²) in [5.41, 5.74) is 0.0623. The molecule has 7 heteroatoms. The molecule has 19 heavy (non-hydrogen) atoms. The fraction of sp³-hybridized carbons (Fsp3) is 0.417. The third-order valence-corrected chi connectivity index (χ3v) is 4.74. The van der Waals surface area contributed by atoms with Crippen LogP contribution in [0.5, 0.6) is 5.75 Å². The molecule has 0 unspecified atom stereocenters. The van der Waals surface area contributed by atoms with E-state index in [-0.39, 0.29) is 0 Å². The van der Waals surface area contributed by atoms with Gasteiger partial charge in [0, 0.05) is 0 Å². The maximum Gasteiger partial charge on any atom is 0.314 e. The molecule has 2 N–H and O–H groups in total. The number of ether oxygens (including phenoxy) is 1. The van der Waals surface area contributed by atoms with Crippen LogP contribution < -0.4 is 9.46 Å². The van der Waals surface area contributed by atoms with Crippen LogP contribution in [-0.4, -0.2) is 25.4 Å². The van der Waals surface area contributed by atoms with E-state index >= 15 is 0 Å². The van der Waals surface area contributed by atoms with Gasteiger partial charge in [0.05, 0.1) is 11.1 Å². The molecule has 1 saturated carbocycles. The van der Waals surface area contributed by atoms with Crippen molar-refractivity contribution in [3.8, 4) is 5.75 Å². The zero-order chi connectivity index (χ0) is 13.7. The largest absolute Gasteiger partial charge is 0.481 e. The van der Waals surface area contributed by atoms with Crippen LogP contribution in [0.3, 0.4) is 0 Å². The van der Waals surface area contributed by atoms with Crippen molar-refractivity contribution in [3.63, 3.8) is 0 Å². The Hall–Kier alpha value is -1.76. The summed E-state index contributed by atoms with van der Waals surface area (Å²) in [7, 11) is -3.49. The van der Waals surface area contributed by atoms with Crippen LogP contribution >= 0.6 is 0 Å². The quantitative estimate of drug-likeness (QED) is 0.853. The Morgan fingerprint density at radius 1 is 1.37 bits per heavy atom. The minimum absolute atomic E-state index is 0.316. The van der Waals surface area contributed by atoms with E-state index in [0.717, 1.165) is 6.42 Å². The number of carboxylic acid groups (broad SMARTS) is 1. The van der Waals surface area contributed by atoms with Crippen molar-refractivity contribution in [2.45, 2.75) is 24.7 Å². The average molecular weight is 283 g/mol. The van der Waals surface area contributed by atoms with Crippen molar-refractivity contribution in [1.82, 2.24) is 0 Å². The highest BCUT2D eigenvalue weighted by atomic mass is 32.2. The molecule has 1 aromatic carbocycles. The fourth-order valence-electron chi connectivity index (χ4n) is 2.53. The third kappa shape index (κ3) is 1.85. The number of carboxylic acids is 1. The van der Waals surface area contributed by atoms with E-state index in [1.54, 1.807) is 18.2 Å². The lowest BCUT2D eigenvalue weighted by atomic mass is 9.64. The van der Waals surface area contributed by atoms with Gasteiger partial charge in [-0.3, -0.25) is 9.52 Å². The van der Waals surface area contributed by atoms with Gasteiger partial charge in [0.25, 0.3) is 10.0 Å². The first kappa shape index (κ1) is 12.3. The molecule has 1 aliphatic heterocycles. The maximum absolute atomic E-state index is 11.4. The van der Waals surface area contributed by atoms with Gasteiger partial charge in [-0.1, -0.05) is 12.5 Å². The van der Waals surface area contributed by atoms with Crippen LogP contribution in [0, 0.1) is 0 Å². The smallest absolute Gasteiger partial charge is 0.314 e. The van der Waals surface area contributed by atoms with E-state index in [4.69, 9.17) is 4.74 Å². The van der Waals surface area contributed by atoms with Gasteiger partial charge in [0.1, 0.15) is 5.75 Å². The van der Waals surface area contributed by atoms with E-state index in [0.29, 0.717) is 29.8 Å². The molecule has 1 aromatic rings. The number of anilines is 1. The Bertz CT molecular complexity index is 648. The SMILES string of the molecule is O=C(O)C1(c2ccc3c(c2)NS(=O)(=O)CO3)CCC1. The Kier molecular flexibility index (Phi) is 2.50. The number of sulfonamides is 1. The number of fused-ring (bicyclic) bond motifs is 1. The van der Waals surface area contributed by atoms with Gasteiger partial charge in [-0.15, -0.1) is 0 Å². The van der Waals surface area contributed by atoms with Crippen molar-refractivity contribution >= 4 is 21.7 Å². The summed E-state index contributed by atoms with van der Waals surface area (Å²) in [6.07, 6.45) is 2.02. The highest BCUT2D eigenvalue weighted by Gasteiger charge is 2.46. The van der Waals surface area contributed by atoms with Crippen LogP contribution in [-0.2, 0) is 20.2 Å². The first-order valence-electron chi connectivity index (χ1n) is 5.94. The molecule has 0 radical (unpaired) electrons. The summed E-state index contributed by atoms with van der Waals surface area (Å²) in [5.74, 6) is -0.847. The zero-order valence-corrected chi connectivity index (χ0v) is 10.9. The predicted molar refractivity (Wildman–Crippen MR) is 67.6 cm³/mol. The van der Waals surface area contributed by atoms with Crippen LogP contribution in [0.4, 0.5) is 5.69 Å². The minimum atomic E-state index is -3.49. The molecule has 0 bridgehead atoms. The van der Waals surface area contributed by atoms with Gasteiger partial charge in [0.15, 0.2) is 0 Å². The number of nitrogens with one attached hydrogen (secondary N) is 1. The Balaban J connectivity index is 2.04.